The van der Waals surface area contributed by atoms with E-state index in [-0.39, 0.29) is 34.9 Å². The van der Waals surface area contributed by atoms with Crippen LogP contribution in [0.5, 0.6) is 0 Å². The predicted octanol–water partition coefficient (Wildman–Crippen LogP) is 7.10. The predicted molar refractivity (Wildman–Crippen MR) is 128 cm³/mol. The van der Waals surface area contributed by atoms with Gasteiger partial charge in [0.2, 0.25) is 5.91 Å². The molecule has 0 radical (unpaired) electrons. The summed E-state index contributed by atoms with van der Waals surface area (Å²) < 4.78 is 38.5. The van der Waals surface area contributed by atoms with Crippen molar-refractivity contribution < 1.29 is 27.6 Å². The van der Waals surface area contributed by atoms with Crippen LogP contribution in [0.2, 0.25) is 5.02 Å². The van der Waals surface area contributed by atoms with Crippen LogP contribution in [0.15, 0.2) is 42.5 Å². The number of amides is 3. The van der Waals surface area contributed by atoms with Gasteiger partial charge in [0.15, 0.2) is 0 Å². The first-order valence-corrected chi connectivity index (χ1v) is 12.2. The Morgan fingerprint density at radius 2 is 1.37 bits per heavy atom. The molecule has 5 nitrogen and oxygen atoms in total. The molecule has 1 aliphatic rings. The number of hydrogen-bond acceptors (Lipinski definition) is 3. The standard InChI is InChI=1S/C26H28ClF3N2O3/c27-21-15-14-18(26(28,29)30)17-22(21)31-23(33)13-7-5-3-1-2-4-6-10-16-32-24(34)19-11-8-9-12-20(19)25(32)35/h8-9,11-12,14-15,17H,1-7,10,13,16H2,(H,31,33). The molecule has 3 rings (SSSR count). The molecule has 0 atom stereocenters. The number of unbranched alkanes of at least 4 members (excludes halogenated alkanes) is 7. The molecular weight excluding hydrogens is 481 g/mol. The van der Waals surface area contributed by atoms with Gasteiger partial charge in [-0.2, -0.15) is 13.2 Å². The Bertz CT molecular complexity index is 1040. The number of fused-ring (bicyclic) bond motifs is 1. The number of carbonyl (C=O) groups excluding carboxylic acids is 3. The molecule has 2 aromatic carbocycles. The molecule has 0 saturated heterocycles. The maximum absolute atomic E-state index is 12.8. The highest BCUT2D eigenvalue weighted by atomic mass is 35.5. The largest absolute Gasteiger partial charge is 0.416 e. The van der Waals surface area contributed by atoms with E-state index in [2.05, 4.69) is 5.32 Å². The van der Waals surface area contributed by atoms with E-state index in [4.69, 9.17) is 11.6 Å². The second-order valence-electron chi connectivity index (χ2n) is 8.63. The molecule has 0 bridgehead atoms. The number of rotatable bonds is 12. The highest BCUT2D eigenvalue weighted by Crippen LogP contribution is 2.34. The van der Waals surface area contributed by atoms with Gasteiger partial charge in [-0.15, -0.1) is 0 Å². The summed E-state index contributed by atoms with van der Waals surface area (Å²) in [5.74, 6) is -0.797. The van der Waals surface area contributed by atoms with E-state index in [1.54, 1.807) is 24.3 Å². The minimum atomic E-state index is -4.50. The van der Waals surface area contributed by atoms with Crippen LogP contribution >= 0.6 is 11.6 Å². The Morgan fingerprint density at radius 3 is 1.94 bits per heavy atom. The molecule has 9 heteroatoms. The zero-order chi connectivity index (χ0) is 25.4. The third kappa shape index (κ3) is 7.31. The first-order valence-electron chi connectivity index (χ1n) is 11.8. The molecule has 0 saturated carbocycles. The minimum absolute atomic E-state index is 0.0345. The van der Waals surface area contributed by atoms with Gasteiger partial charge in [0.1, 0.15) is 0 Å². The molecule has 0 spiro atoms. The molecule has 3 amide bonds. The van der Waals surface area contributed by atoms with Gasteiger partial charge in [0, 0.05) is 13.0 Å². The van der Waals surface area contributed by atoms with E-state index in [1.165, 1.54) is 4.90 Å². The Hall–Kier alpha value is -2.87. The van der Waals surface area contributed by atoms with Crippen LogP contribution in [0, 0.1) is 0 Å². The molecule has 35 heavy (non-hydrogen) atoms. The minimum Gasteiger partial charge on any atom is -0.325 e. The SMILES string of the molecule is O=C(CCCCCCCCCCN1C(=O)c2ccccc2C1=O)Nc1cc(C(F)(F)F)ccc1Cl. The van der Waals surface area contributed by atoms with Crippen LogP contribution in [-0.4, -0.2) is 29.2 Å². The van der Waals surface area contributed by atoms with E-state index in [0.717, 1.165) is 63.1 Å². The molecule has 0 fully saturated rings. The van der Waals surface area contributed by atoms with Crippen molar-refractivity contribution in [3.8, 4) is 0 Å². The zero-order valence-corrected chi connectivity index (χ0v) is 20.1. The fourth-order valence-corrected chi connectivity index (χ4v) is 4.23. The fraction of sp³-hybridized carbons (Fsp3) is 0.423. The molecule has 0 aromatic heterocycles. The smallest absolute Gasteiger partial charge is 0.325 e. The normalized spacial score (nSPS) is 13.3. The summed E-state index contributed by atoms with van der Waals surface area (Å²) in [5.41, 5.74) is 0.0573. The fourth-order valence-electron chi connectivity index (χ4n) is 4.07. The topological polar surface area (TPSA) is 66.5 Å². The number of nitrogens with one attached hydrogen (secondary N) is 1. The Labute approximate surface area is 207 Å². The molecule has 0 aliphatic carbocycles. The van der Waals surface area contributed by atoms with Gasteiger partial charge >= 0.3 is 6.18 Å². The Morgan fingerprint density at radius 1 is 0.829 bits per heavy atom. The highest BCUT2D eigenvalue weighted by molar-refractivity contribution is 6.33. The number of carbonyl (C=O) groups is 3. The zero-order valence-electron chi connectivity index (χ0n) is 19.3. The second kappa shape index (κ2) is 12.2. The summed E-state index contributed by atoms with van der Waals surface area (Å²) in [6.07, 6.45) is 2.88. The third-order valence-electron chi connectivity index (χ3n) is 5.98. The second-order valence-corrected chi connectivity index (χ2v) is 9.03. The average Bonchev–Trinajstić information content (AvgIpc) is 3.06. The average molecular weight is 509 g/mol. The first-order chi connectivity index (χ1) is 16.7. The van der Waals surface area contributed by atoms with Gasteiger partial charge in [0.05, 0.1) is 27.4 Å². The molecule has 1 N–H and O–H groups in total. The number of alkyl halides is 3. The van der Waals surface area contributed by atoms with Crippen LogP contribution < -0.4 is 5.32 Å². The van der Waals surface area contributed by atoms with E-state index >= 15 is 0 Å². The highest BCUT2D eigenvalue weighted by Gasteiger charge is 2.34. The van der Waals surface area contributed by atoms with Gasteiger partial charge in [-0.25, -0.2) is 0 Å². The van der Waals surface area contributed by atoms with E-state index in [0.29, 0.717) is 24.1 Å². The van der Waals surface area contributed by atoms with Gasteiger partial charge in [-0.3, -0.25) is 19.3 Å². The van der Waals surface area contributed by atoms with Crippen molar-refractivity contribution in [1.29, 1.82) is 0 Å². The number of benzene rings is 2. The summed E-state index contributed by atoms with van der Waals surface area (Å²) in [5, 5.41) is 2.52. The third-order valence-corrected chi connectivity index (χ3v) is 6.31. The Balaban J connectivity index is 1.23. The van der Waals surface area contributed by atoms with Gasteiger partial charge in [-0.1, -0.05) is 62.3 Å². The van der Waals surface area contributed by atoms with Crippen LogP contribution in [0.4, 0.5) is 18.9 Å². The van der Waals surface area contributed by atoms with E-state index < -0.39 is 11.7 Å². The molecular formula is C26H28ClF3N2O3. The molecule has 0 unspecified atom stereocenters. The van der Waals surface area contributed by atoms with E-state index in [9.17, 15) is 27.6 Å². The summed E-state index contributed by atoms with van der Waals surface area (Å²) >= 11 is 5.90. The molecule has 1 heterocycles. The van der Waals surface area contributed by atoms with Crippen LogP contribution in [0.25, 0.3) is 0 Å². The summed E-state index contributed by atoms with van der Waals surface area (Å²) in [6, 6.07) is 9.72. The lowest BCUT2D eigenvalue weighted by Crippen LogP contribution is -2.30. The Kier molecular flexibility index (Phi) is 9.32. The van der Waals surface area contributed by atoms with Gasteiger partial charge < -0.3 is 5.32 Å². The van der Waals surface area contributed by atoms with Gasteiger partial charge in [0.25, 0.3) is 11.8 Å². The van der Waals surface area contributed by atoms with Crippen molar-refractivity contribution in [3.63, 3.8) is 0 Å². The quantitative estimate of drug-likeness (QED) is 0.245. The number of hydrogen-bond donors (Lipinski definition) is 1. The van der Waals surface area contributed by atoms with Crippen molar-refractivity contribution in [2.24, 2.45) is 0 Å². The monoisotopic (exact) mass is 508 g/mol. The van der Waals surface area contributed by atoms with Crippen LogP contribution in [0.3, 0.4) is 0 Å². The number of nitrogens with zero attached hydrogens (tertiary/aromatic N) is 1. The number of halogens is 4. The van der Waals surface area contributed by atoms with Crippen LogP contribution in [0.1, 0.15) is 84.1 Å². The van der Waals surface area contributed by atoms with Crippen molar-refractivity contribution in [2.45, 2.75) is 64.0 Å². The lowest BCUT2D eigenvalue weighted by atomic mass is 10.1. The number of imide groups is 1. The maximum Gasteiger partial charge on any atom is 0.416 e. The summed E-state index contributed by atoms with van der Waals surface area (Å²) in [7, 11) is 0. The van der Waals surface area contributed by atoms with Crippen molar-refractivity contribution in [2.75, 3.05) is 11.9 Å². The van der Waals surface area contributed by atoms with Crippen molar-refractivity contribution in [3.05, 3.63) is 64.2 Å². The lowest BCUT2D eigenvalue weighted by Gasteiger charge is -2.13. The number of anilines is 1. The summed E-state index contributed by atoms with van der Waals surface area (Å²) in [4.78, 5) is 38.0. The van der Waals surface area contributed by atoms with E-state index in [1.807, 2.05) is 0 Å². The molecule has 2 aromatic rings. The summed E-state index contributed by atoms with van der Waals surface area (Å²) in [6.45, 7) is 0.428. The maximum atomic E-state index is 12.8. The molecule has 1 aliphatic heterocycles. The first kappa shape index (κ1) is 26.7. The lowest BCUT2D eigenvalue weighted by molar-refractivity contribution is -0.137. The van der Waals surface area contributed by atoms with Gasteiger partial charge in [-0.05, 0) is 43.2 Å². The molecule has 188 valence electrons. The van der Waals surface area contributed by atoms with Crippen molar-refractivity contribution in [1.82, 2.24) is 4.90 Å². The van der Waals surface area contributed by atoms with Crippen LogP contribution in [-0.2, 0) is 11.0 Å². The van der Waals surface area contributed by atoms with Crippen molar-refractivity contribution >= 4 is 35.0 Å².